The van der Waals surface area contributed by atoms with E-state index in [1.54, 1.807) is 5.56 Å². The van der Waals surface area contributed by atoms with Crippen molar-refractivity contribution in [2.24, 2.45) is 5.92 Å². The van der Waals surface area contributed by atoms with Crippen LogP contribution in [0.25, 0.3) is 0 Å². The fourth-order valence-corrected chi connectivity index (χ4v) is 4.47. The van der Waals surface area contributed by atoms with Crippen molar-refractivity contribution in [3.05, 3.63) is 70.3 Å². The molecule has 0 N–H and O–H groups in total. The summed E-state index contributed by atoms with van der Waals surface area (Å²) >= 11 is 0. The summed E-state index contributed by atoms with van der Waals surface area (Å²) in [5, 5.41) is 8.90. The highest BCUT2D eigenvalue weighted by Crippen LogP contribution is 2.38. The minimum absolute atomic E-state index is 0.739. The molecule has 1 aliphatic rings. The SMILES string of the molecule is CCC[C@H]1CC[C@H](c2ccc(CCc3ccc(C#N)cc3)c(C)c2)CC1. The number of nitrogens with zero attached hydrogens (tertiary/aromatic N) is 1. The van der Waals surface area contributed by atoms with Crippen molar-refractivity contribution in [2.75, 3.05) is 0 Å². The first-order chi connectivity index (χ1) is 12.7. The van der Waals surface area contributed by atoms with E-state index in [9.17, 15) is 0 Å². The van der Waals surface area contributed by atoms with Crippen molar-refractivity contribution < 1.29 is 0 Å². The molecule has 0 aliphatic heterocycles. The zero-order chi connectivity index (χ0) is 18.4. The van der Waals surface area contributed by atoms with Crippen molar-refractivity contribution in [2.45, 2.75) is 71.1 Å². The lowest BCUT2D eigenvalue weighted by atomic mass is 9.77. The normalized spacial score (nSPS) is 19.9. The zero-order valence-corrected chi connectivity index (χ0v) is 16.3. The van der Waals surface area contributed by atoms with Crippen LogP contribution in [0.4, 0.5) is 0 Å². The van der Waals surface area contributed by atoms with Gasteiger partial charge in [0.2, 0.25) is 0 Å². The molecule has 1 aliphatic carbocycles. The fraction of sp³-hybridized carbons (Fsp3) is 0.480. The minimum Gasteiger partial charge on any atom is -0.192 e. The van der Waals surface area contributed by atoms with E-state index in [1.807, 2.05) is 12.1 Å². The Bertz CT molecular complexity index is 743. The van der Waals surface area contributed by atoms with E-state index < -0.39 is 0 Å². The molecular formula is C25H31N. The molecule has 2 aromatic carbocycles. The van der Waals surface area contributed by atoms with Gasteiger partial charge in [-0.2, -0.15) is 5.26 Å². The van der Waals surface area contributed by atoms with Crippen LogP contribution in [0.5, 0.6) is 0 Å². The Morgan fingerprint density at radius 1 is 0.962 bits per heavy atom. The van der Waals surface area contributed by atoms with E-state index in [-0.39, 0.29) is 0 Å². The predicted molar refractivity (Wildman–Crippen MR) is 109 cm³/mol. The number of nitriles is 1. The summed E-state index contributed by atoms with van der Waals surface area (Å²) in [6.45, 7) is 4.58. The van der Waals surface area contributed by atoms with Crippen LogP contribution in [0.3, 0.4) is 0 Å². The van der Waals surface area contributed by atoms with Gasteiger partial charge in [-0.1, -0.05) is 50.1 Å². The average Bonchev–Trinajstić information content (AvgIpc) is 2.68. The van der Waals surface area contributed by atoms with Gasteiger partial charge in [0.25, 0.3) is 0 Å². The molecule has 0 bridgehead atoms. The van der Waals surface area contributed by atoms with Gasteiger partial charge in [-0.15, -0.1) is 0 Å². The smallest absolute Gasteiger partial charge is 0.0991 e. The highest BCUT2D eigenvalue weighted by Gasteiger charge is 2.22. The van der Waals surface area contributed by atoms with Gasteiger partial charge < -0.3 is 0 Å². The molecule has 0 atom stereocenters. The third-order valence-corrected chi connectivity index (χ3v) is 6.15. The lowest BCUT2D eigenvalue weighted by molar-refractivity contribution is 0.308. The van der Waals surface area contributed by atoms with Gasteiger partial charge in [-0.3, -0.25) is 0 Å². The Morgan fingerprint density at radius 3 is 2.31 bits per heavy atom. The number of hydrogen-bond donors (Lipinski definition) is 0. The van der Waals surface area contributed by atoms with Crippen molar-refractivity contribution in [3.8, 4) is 6.07 Å². The largest absolute Gasteiger partial charge is 0.192 e. The molecule has 0 aromatic heterocycles. The second kappa shape index (κ2) is 9.04. The van der Waals surface area contributed by atoms with Crippen LogP contribution in [0, 0.1) is 24.2 Å². The van der Waals surface area contributed by atoms with Crippen LogP contribution in [-0.4, -0.2) is 0 Å². The van der Waals surface area contributed by atoms with E-state index >= 15 is 0 Å². The van der Waals surface area contributed by atoms with Gasteiger partial charge in [0, 0.05) is 0 Å². The molecule has 0 heterocycles. The van der Waals surface area contributed by atoms with Crippen molar-refractivity contribution in [3.63, 3.8) is 0 Å². The molecule has 26 heavy (non-hydrogen) atoms. The number of aryl methyl sites for hydroxylation is 3. The van der Waals surface area contributed by atoms with Gasteiger partial charge >= 0.3 is 0 Å². The summed E-state index contributed by atoms with van der Waals surface area (Å²) in [6, 6.07) is 17.4. The molecule has 0 unspecified atom stereocenters. The Morgan fingerprint density at radius 2 is 1.69 bits per heavy atom. The third kappa shape index (κ3) is 4.76. The maximum absolute atomic E-state index is 8.90. The van der Waals surface area contributed by atoms with Crippen LogP contribution >= 0.6 is 0 Å². The van der Waals surface area contributed by atoms with Crippen LogP contribution in [0.2, 0.25) is 0 Å². The molecule has 0 spiro atoms. The second-order valence-corrected chi connectivity index (χ2v) is 8.00. The first-order valence-corrected chi connectivity index (χ1v) is 10.3. The van der Waals surface area contributed by atoms with E-state index in [2.05, 4.69) is 50.2 Å². The molecule has 0 amide bonds. The molecule has 3 rings (SSSR count). The highest BCUT2D eigenvalue weighted by molar-refractivity contribution is 5.35. The van der Waals surface area contributed by atoms with Crippen LogP contribution in [0.15, 0.2) is 42.5 Å². The molecule has 1 fully saturated rings. The van der Waals surface area contributed by atoms with Crippen LogP contribution < -0.4 is 0 Å². The van der Waals surface area contributed by atoms with E-state index in [0.717, 1.165) is 30.2 Å². The first kappa shape index (κ1) is 18.7. The molecule has 2 aromatic rings. The number of benzene rings is 2. The summed E-state index contributed by atoms with van der Waals surface area (Å²) in [5.74, 6) is 1.75. The molecule has 0 radical (unpaired) electrons. The standard InChI is InChI=1S/C25H31N/c1-3-4-20-10-13-24(14-11-20)25-16-15-23(19(2)17-25)12-9-21-5-7-22(18-26)8-6-21/h5-8,15-17,20,24H,3-4,9-14H2,1-2H3/t20-,24-. The number of hydrogen-bond acceptors (Lipinski definition) is 1. The monoisotopic (exact) mass is 345 g/mol. The Kier molecular flexibility index (Phi) is 6.51. The average molecular weight is 346 g/mol. The predicted octanol–water partition coefficient (Wildman–Crippen LogP) is 6.73. The van der Waals surface area contributed by atoms with Crippen molar-refractivity contribution >= 4 is 0 Å². The topological polar surface area (TPSA) is 23.8 Å². The van der Waals surface area contributed by atoms with E-state index in [4.69, 9.17) is 5.26 Å². The van der Waals surface area contributed by atoms with Crippen molar-refractivity contribution in [1.82, 2.24) is 0 Å². The molecule has 1 heteroatoms. The summed E-state index contributed by atoms with van der Waals surface area (Å²) in [6.07, 6.45) is 10.4. The summed E-state index contributed by atoms with van der Waals surface area (Å²) in [5.41, 5.74) is 6.49. The fourth-order valence-electron chi connectivity index (χ4n) is 4.47. The number of rotatable bonds is 6. The molecule has 136 valence electrons. The van der Waals surface area contributed by atoms with Gasteiger partial charge in [-0.05, 0) is 91.7 Å². The highest BCUT2D eigenvalue weighted by atomic mass is 14.3. The molecule has 1 nitrogen and oxygen atoms in total. The minimum atomic E-state index is 0.739. The van der Waals surface area contributed by atoms with Crippen LogP contribution in [-0.2, 0) is 12.8 Å². The third-order valence-electron chi connectivity index (χ3n) is 6.15. The Balaban J connectivity index is 1.58. The zero-order valence-electron chi connectivity index (χ0n) is 16.3. The van der Waals surface area contributed by atoms with Gasteiger partial charge in [0.05, 0.1) is 11.6 Å². The van der Waals surface area contributed by atoms with Crippen LogP contribution in [0.1, 0.15) is 79.2 Å². The Labute approximate surface area is 159 Å². The van der Waals surface area contributed by atoms with Gasteiger partial charge in [0.1, 0.15) is 0 Å². The van der Waals surface area contributed by atoms with Gasteiger partial charge in [-0.25, -0.2) is 0 Å². The van der Waals surface area contributed by atoms with Crippen molar-refractivity contribution in [1.29, 1.82) is 5.26 Å². The molecule has 1 saturated carbocycles. The lowest BCUT2D eigenvalue weighted by Gasteiger charge is -2.29. The van der Waals surface area contributed by atoms with E-state index in [1.165, 1.54) is 55.2 Å². The molecule has 0 saturated heterocycles. The summed E-state index contributed by atoms with van der Waals surface area (Å²) in [7, 11) is 0. The maximum Gasteiger partial charge on any atom is 0.0991 e. The first-order valence-electron chi connectivity index (χ1n) is 10.3. The van der Waals surface area contributed by atoms with Gasteiger partial charge in [0.15, 0.2) is 0 Å². The maximum atomic E-state index is 8.90. The quantitative estimate of drug-likeness (QED) is 0.569. The summed E-state index contributed by atoms with van der Waals surface area (Å²) in [4.78, 5) is 0. The van der Waals surface area contributed by atoms with E-state index in [0.29, 0.717) is 0 Å². The second-order valence-electron chi connectivity index (χ2n) is 8.00. The Hall–Kier alpha value is -2.07. The molecular weight excluding hydrogens is 314 g/mol. The lowest BCUT2D eigenvalue weighted by Crippen LogP contribution is -2.13. The summed E-state index contributed by atoms with van der Waals surface area (Å²) < 4.78 is 0.